The Morgan fingerprint density at radius 1 is 1.44 bits per heavy atom. The van der Waals surface area contributed by atoms with Crippen LogP contribution in [0.2, 0.25) is 0 Å². The van der Waals surface area contributed by atoms with Crippen LogP contribution in [-0.4, -0.2) is 30.4 Å². The summed E-state index contributed by atoms with van der Waals surface area (Å²) in [5, 5.41) is 0. The van der Waals surface area contributed by atoms with Gasteiger partial charge in [-0.05, 0) is 25.1 Å². The van der Waals surface area contributed by atoms with Crippen LogP contribution in [-0.2, 0) is 11.3 Å². The van der Waals surface area contributed by atoms with Crippen molar-refractivity contribution in [3.05, 3.63) is 35.4 Å². The van der Waals surface area contributed by atoms with Gasteiger partial charge in [-0.25, -0.2) is 0 Å². The van der Waals surface area contributed by atoms with Crippen LogP contribution >= 0.6 is 0 Å². The number of amides is 1. The highest BCUT2D eigenvalue weighted by Gasteiger charge is 2.12. The summed E-state index contributed by atoms with van der Waals surface area (Å²) in [4.78, 5) is 12.8. The number of hydrogen-bond donors (Lipinski definition) is 2. The van der Waals surface area contributed by atoms with Crippen molar-refractivity contribution >= 4 is 5.91 Å². The Labute approximate surface area is 96.2 Å². The fourth-order valence-corrected chi connectivity index (χ4v) is 1.57. The van der Waals surface area contributed by atoms with Crippen LogP contribution in [0.5, 0.6) is 0 Å². The number of hydrogen-bond acceptors (Lipinski definition) is 3. The molecule has 0 aliphatic carbocycles. The number of carbonyl (C=O) groups is 1. The molecule has 88 valence electrons. The zero-order valence-electron chi connectivity index (χ0n) is 9.81. The van der Waals surface area contributed by atoms with Gasteiger partial charge in [0.15, 0.2) is 0 Å². The van der Waals surface area contributed by atoms with Gasteiger partial charge in [-0.2, -0.15) is 0 Å². The van der Waals surface area contributed by atoms with Crippen molar-refractivity contribution in [3.63, 3.8) is 0 Å². The maximum absolute atomic E-state index is 10.8. The Kier molecular flexibility index (Phi) is 4.46. The van der Waals surface area contributed by atoms with Gasteiger partial charge in [-0.1, -0.05) is 24.3 Å². The summed E-state index contributed by atoms with van der Waals surface area (Å²) in [5.74, 6) is -0.461. The van der Waals surface area contributed by atoms with E-state index < -0.39 is 11.9 Å². The SMILES string of the molecule is Cc1ccccc1CN(C)CC(N)C(N)=O. The van der Waals surface area contributed by atoms with Crippen LogP contribution in [0, 0.1) is 6.92 Å². The molecule has 4 N–H and O–H groups in total. The van der Waals surface area contributed by atoms with Crippen LogP contribution in [0.4, 0.5) is 0 Å². The molecule has 4 heteroatoms. The predicted molar refractivity (Wildman–Crippen MR) is 64.7 cm³/mol. The van der Waals surface area contributed by atoms with Gasteiger partial charge >= 0.3 is 0 Å². The van der Waals surface area contributed by atoms with Gasteiger partial charge in [0.05, 0.1) is 6.04 Å². The average Bonchev–Trinajstić information content (AvgIpc) is 2.21. The Hall–Kier alpha value is -1.39. The summed E-state index contributed by atoms with van der Waals surface area (Å²) in [6.07, 6.45) is 0. The number of carbonyl (C=O) groups excluding carboxylic acids is 1. The molecule has 1 amide bonds. The first-order chi connectivity index (χ1) is 7.50. The third-order valence-corrected chi connectivity index (χ3v) is 2.58. The second-order valence-electron chi connectivity index (χ2n) is 4.13. The van der Waals surface area contributed by atoms with E-state index in [1.807, 2.05) is 24.1 Å². The van der Waals surface area contributed by atoms with E-state index in [1.165, 1.54) is 11.1 Å². The molecule has 4 nitrogen and oxygen atoms in total. The van der Waals surface area contributed by atoms with E-state index in [0.29, 0.717) is 6.54 Å². The molecule has 0 spiro atoms. The van der Waals surface area contributed by atoms with Gasteiger partial charge in [0.1, 0.15) is 0 Å². The minimum Gasteiger partial charge on any atom is -0.368 e. The topological polar surface area (TPSA) is 72.3 Å². The summed E-state index contributed by atoms with van der Waals surface area (Å²) in [7, 11) is 1.93. The maximum atomic E-state index is 10.8. The summed E-state index contributed by atoms with van der Waals surface area (Å²) in [6.45, 7) is 3.31. The molecule has 0 saturated carbocycles. The zero-order valence-corrected chi connectivity index (χ0v) is 9.81. The zero-order chi connectivity index (χ0) is 12.1. The lowest BCUT2D eigenvalue weighted by Crippen LogP contribution is -2.44. The first kappa shape index (κ1) is 12.7. The number of primary amides is 1. The van der Waals surface area contributed by atoms with Crippen molar-refractivity contribution in [1.82, 2.24) is 4.90 Å². The maximum Gasteiger partial charge on any atom is 0.235 e. The largest absolute Gasteiger partial charge is 0.368 e. The van der Waals surface area contributed by atoms with Crippen molar-refractivity contribution in [2.24, 2.45) is 11.5 Å². The van der Waals surface area contributed by atoms with E-state index in [4.69, 9.17) is 11.5 Å². The Morgan fingerprint density at radius 3 is 2.62 bits per heavy atom. The molecule has 0 aliphatic rings. The third kappa shape index (κ3) is 3.64. The van der Waals surface area contributed by atoms with Crippen LogP contribution < -0.4 is 11.5 Å². The molecule has 0 aliphatic heterocycles. The summed E-state index contributed by atoms with van der Waals surface area (Å²) in [5.41, 5.74) is 13.2. The van der Waals surface area contributed by atoms with Crippen molar-refractivity contribution in [3.8, 4) is 0 Å². The van der Waals surface area contributed by atoms with Crippen molar-refractivity contribution < 1.29 is 4.79 Å². The molecule has 0 fully saturated rings. The second kappa shape index (κ2) is 5.63. The molecule has 0 aromatic heterocycles. The lowest BCUT2D eigenvalue weighted by Gasteiger charge is -2.20. The lowest BCUT2D eigenvalue weighted by molar-refractivity contribution is -0.119. The molecular weight excluding hydrogens is 202 g/mol. The van der Waals surface area contributed by atoms with Gasteiger partial charge in [0.25, 0.3) is 0 Å². The fraction of sp³-hybridized carbons (Fsp3) is 0.417. The highest BCUT2D eigenvalue weighted by molar-refractivity contribution is 5.79. The van der Waals surface area contributed by atoms with Gasteiger partial charge in [0, 0.05) is 13.1 Å². The van der Waals surface area contributed by atoms with Gasteiger partial charge in [-0.15, -0.1) is 0 Å². The summed E-state index contributed by atoms with van der Waals surface area (Å²) < 4.78 is 0. The van der Waals surface area contributed by atoms with Crippen LogP contribution in [0.1, 0.15) is 11.1 Å². The number of nitrogens with zero attached hydrogens (tertiary/aromatic N) is 1. The highest BCUT2D eigenvalue weighted by Crippen LogP contribution is 2.09. The number of rotatable bonds is 5. The van der Waals surface area contributed by atoms with E-state index in [1.54, 1.807) is 0 Å². The van der Waals surface area contributed by atoms with Crippen molar-refractivity contribution in [2.45, 2.75) is 19.5 Å². The summed E-state index contributed by atoms with van der Waals surface area (Å²) >= 11 is 0. The van der Waals surface area contributed by atoms with E-state index in [9.17, 15) is 4.79 Å². The standard InChI is InChI=1S/C12H19N3O/c1-9-5-3-4-6-10(9)7-15(2)8-11(13)12(14)16/h3-6,11H,7-8,13H2,1-2H3,(H2,14,16). The first-order valence-corrected chi connectivity index (χ1v) is 5.28. The van der Waals surface area contributed by atoms with Crippen molar-refractivity contribution in [1.29, 1.82) is 0 Å². The van der Waals surface area contributed by atoms with E-state index in [2.05, 4.69) is 19.1 Å². The third-order valence-electron chi connectivity index (χ3n) is 2.58. The van der Waals surface area contributed by atoms with E-state index in [-0.39, 0.29) is 0 Å². The molecule has 1 aromatic rings. The Morgan fingerprint density at radius 2 is 2.06 bits per heavy atom. The van der Waals surface area contributed by atoms with Gasteiger partial charge in [0.2, 0.25) is 5.91 Å². The fourth-order valence-electron chi connectivity index (χ4n) is 1.57. The molecule has 0 saturated heterocycles. The number of nitrogens with two attached hydrogens (primary N) is 2. The molecule has 0 radical (unpaired) electrons. The Bertz CT molecular complexity index is 365. The number of benzene rings is 1. The number of likely N-dealkylation sites (N-methyl/N-ethyl adjacent to an activating group) is 1. The minimum absolute atomic E-state index is 0.461. The lowest BCUT2D eigenvalue weighted by atomic mass is 10.1. The quantitative estimate of drug-likeness (QED) is 0.748. The van der Waals surface area contributed by atoms with Gasteiger partial charge in [-0.3, -0.25) is 4.79 Å². The van der Waals surface area contributed by atoms with Crippen LogP contribution in [0.25, 0.3) is 0 Å². The average molecular weight is 221 g/mol. The van der Waals surface area contributed by atoms with E-state index in [0.717, 1.165) is 6.54 Å². The highest BCUT2D eigenvalue weighted by atomic mass is 16.1. The molecule has 16 heavy (non-hydrogen) atoms. The molecule has 0 bridgehead atoms. The van der Waals surface area contributed by atoms with Crippen LogP contribution in [0.15, 0.2) is 24.3 Å². The molecular formula is C12H19N3O. The van der Waals surface area contributed by atoms with Gasteiger partial charge < -0.3 is 16.4 Å². The molecule has 1 aromatic carbocycles. The Balaban J connectivity index is 2.55. The monoisotopic (exact) mass is 221 g/mol. The molecule has 1 atom stereocenters. The first-order valence-electron chi connectivity index (χ1n) is 5.28. The number of aryl methyl sites for hydroxylation is 1. The predicted octanol–water partition coefficient (Wildman–Crippen LogP) is 0.239. The minimum atomic E-state index is -0.603. The van der Waals surface area contributed by atoms with E-state index >= 15 is 0 Å². The molecule has 0 heterocycles. The van der Waals surface area contributed by atoms with Crippen molar-refractivity contribution in [2.75, 3.05) is 13.6 Å². The van der Waals surface area contributed by atoms with Crippen LogP contribution in [0.3, 0.4) is 0 Å². The normalized spacial score (nSPS) is 12.8. The molecule has 1 rings (SSSR count). The summed E-state index contributed by atoms with van der Waals surface area (Å²) in [6, 6.07) is 7.55. The second-order valence-corrected chi connectivity index (χ2v) is 4.13. The molecule has 1 unspecified atom stereocenters. The smallest absolute Gasteiger partial charge is 0.235 e.